The highest BCUT2D eigenvalue weighted by Crippen LogP contribution is 2.52. The maximum absolute atomic E-state index is 2.44. The van der Waals surface area contributed by atoms with Gasteiger partial charge in [0.2, 0.25) is 0 Å². The van der Waals surface area contributed by atoms with Crippen molar-refractivity contribution in [2.45, 2.75) is 11.8 Å². The Morgan fingerprint density at radius 2 is 1.83 bits per heavy atom. The summed E-state index contributed by atoms with van der Waals surface area (Å²) in [6.07, 6.45) is 17.2. The lowest BCUT2D eigenvalue weighted by atomic mass is 9.62. The third-order valence-corrected chi connectivity index (χ3v) is 5.89. The first-order valence-electron chi connectivity index (χ1n) is 8.60. The van der Waals surface area contributed by atoms with Crippen LogP contribution in [-0.2, 0) is 5.41 Å². The van der Waals surface area contributed by atoms with Gasteiger partial charge in [-0.25, -0.2) is 0 Å². The van der Waals surface area contributed by atoms with Gasteiger partial charge in [0.25, 0.3) is 0 Å². The molecular formula is C24H16. The molecule has 0 heteroatoms. The molecule has 24 heavy (non-hydrogen) atoms. The average molecular weight is 304 g/mol. The van der Waals surface area contributed by atoms with E-state index >= 15 is 0 Å². The lowest BCUT2D eigenvalue weighted by Crippen LogP contribution is -2.31. The van der Waals surface area contributed by atoms with E-state index in [1.807, 2.05) is 0 Å². The molecule has 3 aromatic rings. The molecule has 112 valence electrons. The van der Waals surface area contributed by atoms with Crippen molar-refractivity contribution in [1.82, 2.24) is 0 Å². The molecule has 3 aromatic carbocycles. The molecule has 0 aromatic heterocycles. The van der Waals surface area contributed by atoms with Crippen LogP contribution in [0.3, 0.4) is 0 Å². The lowest BCUT2D eigenvalue weighted by molar-refractivity contribution is 0.646. The predicted molar refractivity (Wildman–Crippen MR) is 103 cm³/mol. The molecule has 1 unspecified atom stereocenters. The highest BCUT2D eigenvalue weighted by Gasteiger charge is 2.40. The van der Waals surface area contributed by atoms with Crippen LogP contribution in [-0.4, -0.2) is 0 Å². The minimum absolute atomic E-state index is 0.0216. The first kappa shape index (κ1) is 12.5. The monoisotopic (exact) mass is 304 g/mol. The van der Waals surface area contributed by atoms with Crippen molar-refractivity contribution in [2.24, 2.45) is 0 Å². The van der Waals surface area contributed by atoms with Crippen molar-refractivity contribution in [2.75, 3.05) is 0 Å². The second kappa shape index (κ2) is 4.15. The van der Waals surface area contributed by atoms with Gasteiger partial charge in [-0.15, -0.1) is 0 Å². The quantitative estimate of drug-likeness (QED) is 0.436. The van der Waals surface area contributed by atoms with Crippen molar-refractivity contribution in [1.29, 1.82) is 0 Å². The fourth-order valence-corrected chi connectivity index (χ4v) is 4.80. The van der Waals surface area contributed by atoms with E-state index < -0.39 is 0 Å². The number of fused-ring (bicyclic) bond motifs is 2. The Morgan fingerprint density at radius 1 is 0.875 bits per heavy atom. The van der Waals surface area contributed by atoms with Gasteiger partial charge in [-0.3, -0.25) is 0 Å². The number of rotatable bonds is 0. The van der Waals surface area contributed by atoms with E-state index in [0.717, 1.165) is 6.42 Å². The molecule has 0 amide bonds. The maximum Gasteiger partial charge on any atom is 0.0431 e. The smallest absolute Gasteiger partial charge is 0.0431 e. The summed E-state index contributed by atoms with van der Waals surface area (Å²) in [6.45, 7) is 0. The van der Waals surface area contributed by atoms with E-state index in [0.29, 0.717) is 0 Å². The molecule has 3 aliphatic carbocycles. The standard InChI is InChI=1S/C24H16/c1-2-7-20-17(5-1)15-18-9-8-16-10-11-19-6-3-4-13-24(19)14-12-21(20)22(18)23(16)24/h1-12,14-15H,13H2. The predicted octanol–water partition coefficient (Wildman–Crippen LogP) is 6.17. The van der Waals surface area contributed by atoms with Gasteiger partial charge in [0, 0.05) is 5.41 Å². The van der Waals surface area contributed by atoms with Gasteiger partial charge >= 0.3 is 0 Å². The Kier molecular flexibility index (Phi) is 2.17. The van der Waals surface area contributed by atoms with Gasteiger partial charge in [-0.1, -0.05) is 78.9 Å². The number of hydrogen-bond acceptors (Lipinski definition) is 0. The number of allylic oxidation sites excluding steroid dienone is 6. The largest absolute Gasteiger partial charge is 0.0830 e. The summed E-state index contributed by atoms with van der Waals surface area (Å²) in [7, 11) is 0. The third kappa shape index (κ3) is 1.36. The second-order valence-corrected chi connectivity index (χ2v) is 7.03. The zero-order chi connectivity index (χ0) is 15.7. The zero-order valence-corrected chi connectivity index (χ0v) is 13.3. The van der Waals surface area contributed by atoms with Crippen molar-refractivity contribution < 1.29 is 0 Å². The molecule has 1 atom stereocenters. The van der Waals surface area contributed by atoms with Gasteiger partial charge in [0.05, 0.1) is 0 Å². The summed E-state index contributed by atoms with van der Waals surface area (Å²) in [6, 6.07) is 15.7. The molecule has 0 fully saturated rings. The Morgan fingerprint density at radius 3 is 2.83 bits per heavy atom. The molecule has 0 radical (unpaired) electrons. The second-order valence-electron chi connectivity index (χ2n) is 7.03. The Labute approximate surface area is 141 Å². The summed E-state index contributed by atoms with van der Waals surface area (Å²) in [5.74, 6) is 0. The molecule has 6 rings (SSSR count). The maximum atomic E-state index is 2.44. The molecule has 0 N–H and O–H groups in total. The average Bonchev–Trinajstić information content (AvgIpc) is 2.65. The molecule has 1 spiro atoms. The highest BCUT2D eigenvalue weighted by molar-refractivity contribution is 6.11. The van der Waals surface area contributed by atoms with Crippen LogP contribution in [0.2, 0.25) is 0 Å². The summed E-state index contributed by atoms with van der Waals surface area (Å²) >= 11 is 0. The molecule has 0 saturated carbocycles. The molecule has 3 aliphatic rings. The SMILES string of the molecule is C1=CCC23C=Cc4c5ccccc5cc5ccc(c2c45)C=CC3=C1. The van der Waals surface area contributed by atoms with Crippen molar-refractivity contribution in [3.63, 3.8) is 0 Å². The Hall–Kier alpha value is -2.86. The topological polar surface area (TPSA) is 0 Å². The van der Waals surface area contributed by atoms with Gasteiger partial charge in [0.15, 0.2) is 0 Å². The van der Waals surface area contributed by atoms with Gasteiger partial charge in [-0.2, -0.15) is 0 Å². The number of benzene rings is 3. The van der Waals surface area contributed by atoms with E-state index in [1.54, 1.807) is 0 Å². The molecule has 0 aliphatic heterocycles. The van der Waals surface area contributed by atoms with Gasteiger partial charge in [0.1, 0.15) is 0 Å². The van der Waals surface area contributed by atoms with Crippen LogP contribution in [0, 0.1) is 0 Å². The molecule has 0 nitrogen and oxygen atoms in total. The van der Waals surface area contributed by atoms with E-state index in [1.165, 1.54) is 43.8 Å². The van der Waals surface area contributed by atoms with E-state index in [-0.39, 0.29) is 5.41 Å². The summed E-state index contributed by atoms with van der Waals surface area (Å²) in [5, 5.41) is 5.48. The van der Waals surface area contributed by atoms with E-state index in [4.69, 9.17) is 0 Å². The minimum Gasteiger partial charge on any atom is -0.0830 e. The van der Waals surface area contributed by atoms with Crippen molar-refractivity contribution >= 4 is 33.7 Å². The van der Waals surface area contributed by atoms with Crippen LogP contribution in [0.5, 0.6) is 0 Å². The molecular weight excluding hydrogens is 288 g/mol. The fourth-order valence-electron chi connectivity index (χ4n) is 4.80. The third-order valence-electron chi connectivity index (χ3n) is 5.89. The van der Waals surface area contributed by atoms with Crippen LogP contribution in [0.25, 0.3) is 33.7 Å². The summed E-state index contributed by atoms with van der Waals surface area (Å²) in [4.78, 5) is 0. The Bertz CT molecular complexity index is 1170. The van der Waals surface area contributed by atoms with Crippen LogP contribution in [0.1, 0.15) is 23.1 Å². The fraction of sp³-hybridized carbons (Fsp3) is 0.0833. The van der Waals surface area contributed by atoms with Crippen LogP contribution >= 0.6 is 0 Å². The van der Waals surface area contributed by atoms with E-state index in [2.05, 4.69) is 85.0 Å². The zero-order valence-electron chi connectivity index (χ0n) is 13.3. The number of hydrogen-bond donors (Lipinski definition) is 0. The van der Waals surface area contributed by atoms with Gasteiger partial charge < -0.3 is 0 Å². The van der Waals surface area contributed by atoms with Crippen molar-refractivity contribution in [3.8, 4) is 0 Å². The molecule has 0 bridgehead atoms. The summed E-state index contributed by atoms with van der Waals surface area (Å²) in [5.41, 5.74) is 5.69. The first-order chi connectivity index (χ1) is 11.9. The lowest BCUT2D eigenvalue weighted by Gasteiger charge is -2.41. The highest BCUT2D eigenvalue weighted by atomic mass is 14.4. The van der Waals surface area contributed by atoms with E-state index in [9.17, 15) is 0 Å². The normalized spacial score (nSPS) is 22.8. The minimum atomic E-state index is 0.0216. The molecule has 0 heterocycles. The first-order valence-corrected chi connectivity index (χ1v) is 8.60. The summed E-state index contributed by atoms with van der Waals surface area (Å²) < 4.78 is 0. The van der Waals surface area contributed by atoms with Gasteiger partial charge in [-0.05, 0) is 56.3 Å². The van der Waals surface area contributed by atoms with Crippen LogP contribution in [0.4, 0.5) is 0 Å². The van der Waals surface area contributed by atoms with Crippen LogP contribution in [0.15, 0.2) is 78.4 Å². The molecule has 0 saturated heterocycles. The Balaban J connectivity index is 1.87. The van der Waals surface area contributed by atoms with Crippen LogP contribution < -0.4 is 0 Å². The van der Waals surface area contributed by atoms with Crippen molar-refractivity contribution in [3.05, 3.63) is 95.1 Å².